The number of rotatable bonds is 4. The zero-order valence-corrected chi connectivity index (χ0v) is 16.8. The largest absolute Gasteiger partial charge is 0.322 e. The van der Waals surface area contributed by atoms with Gasteiger partial charge in [0.25, 0.3) is 5.91 Å². The van der Waals surface area contributed by atoms with Gasteiger partial charge in [0.05, 0.1) is 4.90 Å². The Morgan fingerprint density at radius 2 is 1.81 bits per heavy atom. The molecule has 142 valence electrons. The number of hydrogen-bond donors (Lipinski definition) is 1. The summed E-state index contributed by atoms with van der Waals surface area (Å²) in [5.74, 6) is -0.234. The Balaban J connectivity index is 1.69. The summed E-state index contributed by atoms with van der Waals surface area (Å²) in [5.41, 5.74) is 3.12. The maximum atomic E-state index is 12.7. The predicted molar refractivity (Wildman–Crippen MR) is 107 cm³/mol. The second kappa shape index (κ2) is 7.84. The molecule has 0 saturated heterocycles. The number of carbonyl (C=O) groups is 1. The van der Waals surface area contributed by atoms with Crippen molar-refractivity contribution in [2.24, 2.45) is 0 Å². The van der Waals surface area contributed by atoms with Gasteiger partial charge in [-0.2, -0.15) is 4.31 Å². The number of carbonyl (C=O) groups excluding carboxylic acids is 1. The molecule has 0 atom stereocenters. The van der Waals surface area contributed by atoms with E-state index in [2.05, 4.69) is 5.32 Å². The van der Waals surface area contributed by atoms with Gasteiger partial charge in [0, 0.05) is 29.4 Å². The van der Waals surface area contributed by atoms with Gasteiger partial charge in [-0.05, 0) is 50.1 Å². The van der Waals surface area contributed by atoms with Crippen molar-refractivity contribution in [1.29, 1.82) is 0 Å². The Morgan fingerprint density at radius 3 is 2.41 bits per heavy atom. The molecule has 7 heteroatoms. The molecule has 3 rings (SSSR count). The van der Waals surface area contributed by atoms with Gasteiger partial charge in [0.15, 0.2) is 0 Å². The number of anilines is 1. The quantitative estimate of drug-likeness (QED) is 0.839. The molecule has 0 unspecified atom stereocenters. The zero-order valence-electron chi connectivity index (χ0n) is 15.2. The van der Waals surface area contributed by atoms with Gasteiger partial charge < -0.3 is 5.32 Å². The van der Waals surface area contributed by atoms with E-state index in [0.717, 1.165) is 11.1 Å². The SMILES string of the molecule is Cc1ccc(S(=O)(=O)N2CC=C(C(=O)Nc3ccc(C)c(Cl)c3)CC2)cc1. The standard InChI is InChI=1S/C20H21ClN2O3S/c1-14-3-7-18(8-4-14)27(25,26)23-11-9-16(10-12-23)20(24)22-17-6-5-15(2)19(21)13-17/h3-9,13H,10-12H2,1-2H3,(H,22,24). The Hall–Kier alpha value is -2.15. The van der Waals surface area contributed by atoms with Gasteiger partial charge in [0.1, 0.15) is 0 Å². The lowest BCUT2D eigenvalue weighted by Crippen LogP contribution is -2.36. The molecule has 0 aliphatic carbocycles. The molecule has 1 aliphatic heterocycles. The molecule has 0 radical (unpaired) electrons. The van der Waals surface area contributed by atoms with Crippen molar-refractivity contribution in [3.63, 3.8) is 0 Å². The number of aryl methyl sites for hydroxylation is 2. The first-order valence-electron chi connectivity index (χ1n) is 8.61. The van der Waals surface area contributed by atoms with Gasteiger partial charge in [-0.1, -0.05) is 41.4 Å². The number of nitrogens with zero attached hydrogens (tertiary/aromatic N) is 1. The van der Waals surface area contributed by atoms with Crippen LogP contribution < -0.4 is 5.32 Å². The fourth-order valence-electron chi connectivity index (χ4n) is 2.82. The second-order valence-electron chi connectivity index (χ2n) is 6.57. The molecule has 1 heterocycles. The molecule has 5 nitrogen and oxygen atoms in total. The summed E-state index contributed by atoms with van der Waals surface area (Å²) in [5, 5.41) is 3.40. The normalized spacial score (nSPS) is 15.3. The highest BCUT2D eigenvalue weighted by Gasteiger charge is 2.27. The van der Waals surface area contributed by atoms with Crippen LogP contribution in [0.25, 0.3) is 0 Å². The maximum Gasteiger partial charge on any atom is 0.251 e. The Bertz CT molecular complexity index is 998. The van der Waals surface area contributed by atoms with Crippen molar-refractivity contribution < 1.29 is 13.2 Å². The minimum atomic E-state index is -3.56. The van der Waals surface area contributed by atoms with E-state index >= 15 is 0 Å². The first-order chi connectivity index (χ1) is 12.8. The van der Waals surface area contributed by atoms with Crippen LogP contribution in [0.5, 0.6) is 0 Å². The number of benzene rings is 2. The summed E-state index contributed by atoms with van der Waals surface area (Å²) in [4.78, 5) is 12.7. The predicted octanol–water partition coefficient (Wildman–Crippen LogP) is 3.92. The fraction of sp³-hybridized carbons (Fsp3) is 0.250. The Morgan fingerprint density at radius 1 is 1.11 bits per heavy atom. The third-order valence-corrected chi connectivity index (χ3v) is 6.84. The van der Waals surface area contributed by atoms with Crippen LogP contribution in [0.4, 0.5) is 5.69 Å². The number of hydrogen-bond acceptors (Lipinski definition) is 3. The zero-order chi connectivity index (χ0) is 19.6. The van der Waals surface area contributed by atoms with Crippen molar-refractivity contribution in [3.8, 4) is 0 Å². The third kappa shape index (κ3) is 4.40. The number of sulfonamides is 1. The monoisotopic (exact) mass is 404 g/mol. The third-order valence-electron chi connectivity index (χ3n) is 4.55. The summed E-state index contributed by atoms with van der Waals surface area (Å²) in [7, 11) is -3.56. The number of amides is 1. The highest BCUT2D eigenvalue weighted by atomic mass is 35.5. The number of nitrogens with one attached hydrogen (secondary N) is 1. The molecule has 27 heavy (non-hydrogen) atoms. The van der Waals surface area contributed by atoms with Crippen LogP contribution in [-0.2, 0) is 14.8 Å². The minimum Gasteiger partial charge on any atom is -0.322 e. The summed E-state index contributed by atoms with van der Waals surface area (Å²) in [6.45, 7) is 4.24. The van der Waals surface area contributed by atoms with E-state index in [1.54, 1.807) is 42.5 Å². The van der Waals surface area contributed by atoms with E-state index in [1.807, 2.05) is 19.9 Å². The van der Waals surface area contributed by atoms with Crippen LogP contribution in [0.2, 0.25) is 5.02 Å². The van der Waals surface area contributed by atoms with Crippen LogP contribution in [-0.4, -0.2) is 31.7 Å². The molecule has 0 spiro atoms. The molecule has 0 saturated carbocycles. The summed E-state index contributed by atoms with van der Waals surface area (Å²) >= 11 is 6.08. The van der Waals surface area contributed by atoms with Crippen LogP contribution in [0, 0.1) is 13.8 Å². The topological polar surface area (TPSA) is 66.5 Å². The van der Waals surface area contributed by atoms with E-state index in [9.17, 15) is 13.2 Å². The number of halogens is 1. The Labute approximate surface area is 164 Å². The summed E-state index contributed by atoms with van der Waals surface area (Å²) in [6.07, 6.45) is 2.02. The van der Waals surface area contributed by atoms with Crippen LogP contribution >= 0.6 is 11.6 Å². The van der Waals surface area contributed by atoms with Gasteiger partial charge in [-0.3, -0.25) is 4.79 Å². The lowest BCUT2D eigenvalue weighted by atomic mass is 10.1. The van der Waals surface area contributed by atoms with Crippen molar-refractivity contribution in [2.75, 3.05) is 18.4 Å². The van der Waals surface area contributed by atoms with E-state index in [1.165, 1.54) is 4.31 Å². The highest BCUT2D eigenvalue weighted by Crippen LogP contribution is 2.23. The molecule has 0 bridgehead atoms. The molecular weight excluding hydrogens is 384 g/mol. The minimum absolute atomic E-state index is 0.174. The van der Waals surface area contributed by atoms with Crippen LogP contribution in [0.1, 0.15) is 17.5 Å². The van der Waals surface area contributed by atoms with Crippen LogP contribution in [0.3, 0.4) is 0 Å². The first-order valence-corrected chi connectivity index (χ1v) is 10.4. The van der Waals surface area contributed by atoms with Gasteiger partial charge in [0.2, 0.25) is 10.0 Å². The van der Waals surface area contributed by atoms with Crippen molar-refractivity contribution in [1.82, 2.24) is 4.31 Å². The molecule has 2 aromatic carbocycles. The average Bonchev–Trinajstić information content (AvgIpc) is 2.65. The van der Waals surface area contributed by atoms with E-state index < -0.39 is 10.0 Å². The van der Waals surface area contributed by atoms with Gasteiger partial charge in [-0.15, -0.1) is 0 Å². The molecule has 0 fully saturated rings. The van der Waals surface area contributed by atoms with E-state index in [4.69, 9.17) is 11.6 Å². The van der Waals surface area contributed by atoms with Gasteiger partial charge in [-0.25, -0.2) is 8.42 Å². The Kier molecular flexibility index (Phi) is 5.69. The van der Waals surface area contributed by atoms with Crippen molar-refractivity contribution >= 4 is 33.2 Å². The fourth-order valence-corrected chi connectivity index (χ4v) is 4.38. The lowest BCUT2D eigenvalue weighted by Gasteiger charge is -2.25. The maximum absolute atomic E-state index is 12.7. The van der Waals surface area contributed by atoms with Crippen molar-refractivity contribution in [2.45, 2.75) is 25.2 Å². The lowest BCUT2D eigenvalue weighted by molar-refractivity contribution is -0.113. The highest BCUT2D eigenvalue weighted by molar-refractivity contribution is 7.89. The van der Waals surface area contributed by atoms with Crippen molar-refractivity contribution in [3.05, 3.63) is 70.3 Å². The van der Waals surface area contributed by atoms with E-state index in [-0.39, 0.29) is 23.9 Å². The first kappa shape index (κ1) is 19.6. The average molecular weight is 405 g/mol. The van der Waals surface area contributed by atoms with Gasteiger partial charge >= 0.3 is 0 Å². The molecule has 0 aromatic heterocycles. The smallest absolute Gasteiger partial charge is 0.251 e. The molecule has 1 N–H and O–H groups in total. The molecule has 1 aliphatic rings. The van der Waals surface area contributed by atoms with E-state index in [0.29, 0.717) is 22.7 Å². The summed E-state index contributed by atoms with van der Waals surface area (Å²) in [6, 6.07) is 12.1. The molecular formula is C20H21ClN2O3S. The van der Waals surface area contributed by atoms with Crippen LogP contribution in [0.15, 0.2) is 59.0 Å². The summed E-state index contributed by atoms with van der Waals surface area (Å²) < 4.78 is 26.8. The molecule has 1 amide bonds. The molecule has 2 aromatic rings. The second-order valence-corrected chi connectivity index (χ2v) is 8.92.